The van der Waals surface area contributed by atoms with E-state index in [1.807, 2.05) is 24.3 Å². The maximum Gasteiger partial charge on any atom is 0.224 e. The third-order valence-electron chi connectivity index (χ3n) is 5.33. The Bertz CT molecular complexity index is 753. The molecule has 0 aliphatic carbocycles. The van der Waals surface area contributed by atoms with Gasteiger partial charge in [0.15, 0.2) is 0 Å². The van der Waals surface area contributed by atoms with Gasteiger partial charge in [0.05, 0.1) is 13.5 Å². The summed E-state index contributed by atoms with van der Waals surface area (Å²) in [6, 6.07) is 16.2. The highest BCUT2D eigenvalue weighted by Gasteiger charge is 2.15. The van der Waals surface area contributed by atoms with Gasteiger partial charge in [-0.05, 0) is 35.4 Å². The maximum absolute atomic E-state index is 12.2. The second-order valence-electron chi connectivity index (χ2n) is 7.33. The Morgan fingerprint density at radius 3 is 2.32 bits per heavy atom. The van der Waals surface area contributed by atoms with E-state index in [0.29, 0.717) is 13.0 Å². The van der Waals surface area contributed by atoms with Gasteiger partial charge in [-0.2, -0.15) is 0 Å². The van der Waals surface area contributed by atoms with Gasteiger partial charge in [0, 0.05) is 39.3 Å². The van der Waals surface area contributed by atoms with E-state index in [-0.39, 0.29) is 5.91 Å². The van der Waals surface area contributed by atoms with Crippen molar-refractivity contribution >= 4 is 5.91 Å². The molecular formula is C23H31N3O2. The first-order valence-electron chi connectivity index (χ1n) is 10.1. The number of carbonyl (C=O) groups is 1. The zero-order chi connectivity index (χ0) is 19.8. The second kappa shape index (κ2) is 10.2. The lowest BCUT2D eigenvalue weighted by atomic mass is 10.1. The first-order chi connectivity index (χ1) is 13.7. The molecule has 2 aromatic rings. The highest BCUT2D eigenvalue weighted by Crippen LogP contribution is 2.13. The fourth-order valence-electron chi connectivity index (χ4n) is 3.52. The van der Waals surface area contributed by atoms with Crippen LogP contribution in [0, 0.1) is 0 Å². The van der Waals surface area contributed by atoms with E-state index in [0.717, 1.165) is 56.1 Å². The Morgan fingerprint density at radius 2 is 1.64 bits per heavy atom. The Hall–Kier alpha value is -2.37. The van der Waals surface area contributed by atoms with Crippen molar-refractivity contribution < 1.29 is 9.53 Å². The highest BCUT2D eigenvalue weighted by atomic mass is 16.5. The number of benzene rings is 2. The number of nitrogens with zero attached hydrogens (tertiary/aromatic N) is 2. The van der Waals surface area contributed by atoms with Crippen molar-refractivity contribution in [2.75, 3.05) is 39.8 Å². The van der Waals surface area contributed by atoms with Gasteiger partial charge >= 0.3 is 0 Å². The molecule has 1 saturated heterocycles. The lowest BCUT2D eigenvalue weighted by Gasteiger charge is -2.34. The number of carbonyl (C=O) groups excluding carboxylic acids is 1. The second-order valence-corrected chi connectivity index (χ2v) is 7.33. The molecule has 150 valence electrons. The Balaban J connectivity index is 1.43. The standard InChI is InChI=1S/C23H31N3O2/c1-3-25-11-13-26(14-12-25)18-20-9-7-19(8-10-20)17-24-23(27)16-21-5-4-6-22(15-21)28-2/h4-10,15H,3,11-14,16-18H2,1-2H3,(H,24,27). The van der Waals surface area contributed by atoms with Crippen LogP contribution in [0.5, 0.6) is 5.75 Å². The number of piperazine rings is 1. The average molecular weight is 382 g/mol. The van der Waals surface area contributed by atoms with Crippen molar-refractivity contribution in [2.45, 2.75) is 26.4 Å². The topological polar surface area (TPSA) is 44.8 Å². The van der Waals surface area contributed by atoms with Crippen molar-refractivity contribution in [3.8, 4) is 5.75 Å². The molecule has 0 bridgehead atoms. The molecule has 0 unspecified atom stereocenters. The van der Waals surface area contributed by atoms with Gasteiger partial charge in [0.25, 0.3) is 0 Å². The summed E-state index contributed by atoms with van der Waals surface area (Å²) in [5.74, 6) is 0.795. The van der Waals surface area contributed by atoms with Gasteiger partial charge in [0.2, 0.25) is 5.91 Å². The third-order valence-corrected chi connectivity index (χ3v) is 5.33. The van der Waals surface area contributed by atoms with Gasteiger partial charge in [-0.25, -0.2) is 0 Å². The zero-order valence-electron chi connectivity index (χ0n) is 17.0. The predicted molar refractivity (Wildman–Crippen MR) is 112 cm³/mol. The van der Waals surface area contributed by atoms with Crippen molar-refractivity contribution in [3.05, 3.63) is 65.2 Å². The molecule has 1 aliphatic heterocycles. The van der Waals surface area contributed by atoms with Crippen molar-refractivity contribution in [1.82, 2.24) is 15.1 Å². The SMILES string of the molecule is CCN1CCN(Cc2ccc(CNC(=O)Cc3cccc(OC)c3)cc2)CC1. The first-order valence-corrected chi connectivity index (χ1v) is 10.1. The molecule has 1 heterocycles. The van der Waals surface area contributed by atoms with Crippen LogP contribution >= 0.6 is 0 Å². The minimum Gasteiger partial charge on any atom is -0.497 e. The number of rotatable bonds is 8. The van der Waals surface area contributed by atoms with Crippen molar-refractivity contribution in [1.29, 1.82) is 0 Å². The van der Waals surface area contributed by atoms with E-state index in [2.05, 4.69) is 46.3 Å². The first kappa shape index (κ1) is 20.4. The summed E-state index contributed by atoms with van der Waals surface area (Å²) in [5.41, 5.74) is 3.41. The lowest BCUT2D eigenvalue weighted by Crippen LogP contribution is -2.45. The predicted octanol–water partition coefficient (Wildman–Crippen LogP) is 2.69. The fraction of sp³-hybridized carbons (Fsp3) is 0.435. The number of nitrogens with one attached hydrogen (secondary N) is 1. The molecule has 5 nitrogen and oxygen atoms in total. The molecule has 3 rings (SSSR count). The number of likely N-dealkylation sites (N-methyl/N-ethyl adjacent to an activating group) is 1. The monoisotopic (exact) mass is 381 g/mol. The van der Waals surface area contributed by atoms with Gasteiger partial charge in [0.1, 0.15) is 5.75 Å². The Kier molecular flexibility index (Phi) is 7.46. The highest BCUT2D eigenvalue weighted by molar-refractivity contribution is 5.78. The van der Waals surface area contributed by atoms with Crippen LogP contribution in [0.1, 0.15) is 23.6 Å². The normalized spacial score (nSPS) is 15.4. The summed E-state index contributed by atoms with van der Waals surface area (Å²) in [6.45, 7) is 9.52. The largest absolute Gasteiger partial charge is 0.497 e. The quantitative estimate of drug-likeness (QED) is 0.764. The molecule has 2 aromatic carbocycles. The molecule has 28 heavy (non-hydrogen) atoms. The maximum atomic E-state index is 12.2. The zero-order valence-corrected chi connectivity index (χ0v) is 17.0. The van der Waals surface area contributed by atoms with Gasteiger partial charge in [-0.3, -0.25) is 9.69 Å². The number of hydrogen-bond acceptors (Lipinski definition) is 4. The van der Waals surface area contributed by atoms with Gasteiger partial charge in [-0.15, -0.1) is 0 Å². The lowest BCUT2D eigenvalue weighted by molar-refractivity contribution is -0.120. The van der Waals surface area contributed by atoms with Crippen LogP contribution in [0.3, 0.4) is 0 Å². The van der Waals surface area contributed by atoms with Crippen LogP contribution in [0.4, 0.5) is 0 Å². The molecule has 0 atom stereocenters. The minimum atomic E-state index is 0.0196. The molecule has 0 radical (unpaired) electrons. The molecule has 1 fully saturated rings. The van der Waals surface area contributed by atoms with Crippen molar-refractivity contribution in [3.63, 3.8) is 0 Å². The van der Waals surface area contributed by atoms with E-state index in [4.69, 9.17) is 4.74 Å². The number of hydrogen-bond donors (Lipinski definition) is 1. The van der Waals surface area contributed by atoms with E-state index in [1.165, 1.54) is 5.56 Å². The van der Waals surface area contributed by atoms with Crippen LogP contribution < -0.4 is 10.1 Å². The summed E-state index contributed by atoms with van der Waals surface area (Å²) in [4.78, 5) is 17.2. The van der Waals surface area contributed by atoms with E-state index < -0.39 is 0 Å². The molecule has 1 amide bonds. The Labute approximate surface area is 168 Å². The molecule has 0 saturated carbocycles. The summed E-state index contributed by atoms with van der Waals surface area (Å²) in [6.07, 6.45) is 0.360. The average Bonchev–Trinajstić information content (AvgIpc) is 2.74. The minimum absolute atomic E-state index is 0.0196. The Morgan fingerprint density at radius 1 is 0.964 bits per heavy atom. The number of methoxy groups -OCH3 is 1. The van der Waals surface area contributed by atoms with Crippen LogP contribution in [-0.4, -0.2) is 55.5 Å². The van der Waals surface area contributed by atoms with E-state index in [9.17, 15) is 4.79 Å². The van der Waals surface area contributed by atoms with Gasteiger partial charge in [-0.1, -0.05) is 43.3 Å². The summed E-state index contributed by atoms with van der Waals surface area (Å²) in [7, 11) is 1.63. The fourth-order valence-corrected chi connectivity index (χ4v) is 3.52. The van der Waals surface area contributed by atoms with Crippen LogP contribution in [0.15, 0.2) is 48.5 Å². The molecule has 1 N–H and O–H groups in total. The molecule has 5 heteroatoms. The van der Waals surface area contributed by atoms with Gasteiger partial charge < -0.3 is 15.0 Å². The summed E-state index contributed by atoms with van der Waals surface area (Å²) < 4.78 is 5.20. The summed E-state index contributed by atoms with van der Waals surface area (Å²) >= 11 is 0. The van der Waals surface area contributed by atoms with Crippen LogP contribution in [0.25, 0.3) is 0 Å². The molecule has 0 aromatic heterocycles. The molecule has 1 aliphatic rings. The molecule has 0 spiro atoms. The number of amides is 1. The summed E-state index contributed by atoms with van der Waals surface area (Å²) in [5, 5.41) is 3.00. The van der Waals surface area contributed by atoms with E-state index in [1.54, 1.807) is 7.11 Å². The molecular weight excluding hydrogens is 350 g/mol. The van der Waals surface area contributed by atoms with Crippen molar-refractivity contribution in [2.24, 2.45) is 0 Å². The third kappa shape index (κ3) is 6.08. The van der Waals surface area contributed by atoms with E-state index >= 15 is 0 Å². The van der Waals surface area contributed by atoms with Crippen LogP contribution in [-0.2, 0) is 24.3 Å². The number of ether oxygens (including phenoxy) is 1. The van der Waals surface area contributed by atoms with Crippen LogP contribution in [0.2, 0.25) is 0 Å². The smallest absolute Gasteiger partial charge is 0.224 e.